The third-order valence-corrected chi connectivity index (χ3v) is 4.59. The third-order valence-electron chi connectivity index (χ3n) is 4.59. The van der Waals surface area contributed by atoms with E-state index in [9.17, 15) is 4.79 Å². The van der Waals surface area contributed by atoms with Gasteiger partial charge in [0.1, 0.15) is 0 Å². The van der Waals surface area contributed by atoms with E-state index in [-0.39, 0.29) is 5.41 Å². The maximum Gasteiger partial charge on any atom is 0.229 e. The number of carbonyl (C=O) groups is 1. The van der Waals surface area contributed by atoms with Crippen LogP contribution in [0.1, 0.15) is 30.4 Å². The normalized spacial score (nSPS) is 21.1. The van der Waals surface area contributed by atoms with Crippen molar-refractivity contribution in [2.24, 2.45) is 5.41 Å². The Morgan fingerprint density at radius 1 is 1.30 bits per heavy atom. The Labute approximate surface area is 119 Å². The quantitative estimate of drug-likeness (QED) is 0.888. The van der Waals surface area contributed by atoms with E-state index in [0.29, 0.717) is 18.0 Å². The van der Waals surface area contributed by atoms with Crippen LogP contribution in [0.25, 0.3) is 0 Å². The van der Waals surface area contributed by atoms with Crippen molar-refractivity contribution in [3.63, 3.8) is 0 Å². The number of nitrogens with one attached hydrogen (secondary N) is 1. The van der Waals surface area contributed by atoms with Gasteiger partial charge in [0.2, 0.25) is 5.91 Å². The molecule has 20 heavy (non-hydrogen) atoms. The van der Waals surface area contributed by atoms with Gasteiger partial charge in [0.05, 0.1) is 17.0 Å². The largest absolute Gasteiger partial charge is 0.338 e. The highest BCUT2D eigenvalue weighted by Crippen LogP contribution is 2.40. The first kappa shape index (κ1) is 13.1. The van der Waals surface area contributed by atoms with Gasteiger partial charge < -0.3 is 10.2 Å². The number of nitriles is 1. The maximum atomic E-state index is 12.7. The van der Waals surface area contributed by atoms with Crippen LogP contribution in [0.2, 0.25) is 0 Å². The summed E-state index contributed by atoms with van der Waals surface area (Å²) in [7, 11) is 0. The molecule has 1 aromatic carbocycles. The summed E-state index contributed by atoms with van der Waals surface area (Å²) in [5, 5.41) is 12.3. The molecule has 0 bridgehead atoms. The van der Waals surface area contributed by atoms with Crippen molar-refractivity contribution in [2.75, 3.05) is 19.6 Å². The van der Waals surface area contributed by atoms with E-state index in [1.54, 1.807) is 6.07 Å². The van der Waals surface area contributed by atoms with E-state index in [1.807, 2.05) is 23.1 Å². The fourth-order valence-corrected chi connectivity index (χ4v) is 3.37. The molecule has 2 aliphatic rings. The van der Waals surface area contributed by atoms with E-state index in [4.69, 9.17) is 5.26 Å². The van der Waals surface area contributed by atoms with Gasteiger partial charge in [-0.05, 0) is 50.0 Å². The third kappa shape index (κ3) is 2.30. The maximum absolute atomic E-state index is 12.7. The molecule has 2 fully saturated rings. The number of hydrogen-bond donors (Lipinski definition) is 1. The molecule has 0 aliphatic carbocycles. The zero-order valence-electron chi connectivity index (χ0n) is 11.6. The summed E-state index contributed by atoms with van der Waals surface area (Å²) in [5.74, 6) is 0.307. The molecule has 2 saturated heterocycles. The summed E-state index contributed by atoms with van der Waals surface area (Å²) in [6.45, 7) is 3.37. The number of carbonyl (C=O) groups excluding carboxylic acids is 1. The fraction of sp³-hybridized carbons (Fsp3) is 0.500. The van der Waals surface area contributed by atoms with Crippen molar-refractivity contribution < 1.29 is 4.79 Å². The Balaban J connectivity index is 1.73. The molecule has 4 heteroatoms. The molecule has 2 heterocycles. The molecule has 1 N–H and O–H groups in total. The van der Waals surface area contributed by atoms with Crippen LogP contribution in [0.5, 0.6) is 0 Å². The van der Waals surface area contributed by atoms with Gasteiger partial charge in [-0.3, -0.25) is 4.79 Å². The summed E-state index contributed by atoms with van der Waals surface area (Å²) >= 11 is 0. The summed E-state index contributed by atoms with van der Waals surface area (Å²) < 4.78 is 0. The van der Waals surface area contributed by atoms with E-state index < -0.39 is 0 Å². The van der Waals surface area contributed by atoms with Crippen LogP contribution >= 0.6 is 0 Å². The predicted molar refractivity (Wildman–Crippen MR) is 75.7 cm³/mol. The molecule has 0 radical (unpaired) electrons. The number of nitrogens with zero attached hydrogens (tertiary/aromatic N) is 2. The van der Waals surface area contributed by atoms with Crippen LogP contribution < -0.4 is 5.32 Å². The molecule has 104 valence electrons. The standard InChI is InChI=1S/C16H19N3O/c17-11-13-2-1-3-14(10-13)12-19-9-6-16(15(19)20)4-7-18-8-5-16/h1-3,10,18H,4-9,12H2. The lowest BCUT2D eigenvalue weighted by Crippen LogP contribution is -2.42. The predicted octanol–water partition coefficient (Wildman–Crippen LogP) is 1.66. The monoisotopic (exact) mass is 269 g/mol. The molecule has 1 spiro atoms. The van der Waals surface area contributed by atoms with Crippen molar-refractivity contribution in [3.05, 3.63) is 35.4 Å². The Morgan fingerprint density at radius 3 is 2.85 bits per heavy atom. The number of piperidine rings is 1. The average molecular weight is 269 g/mol. The molecular formula is C16H19N3O. The fourth-order valence-electron chi connectivity index (χ4n) is 3.37. The first-order valence-electron chi connectivity index (χ1n) is 7.23. The van der Waals surface area contributed by atoms with E-state index in [2.05, 4.69) is 11.4 Å². The van der Waals surface area contributed by atoms with Gasteiger partial charge in [0.25, 0.3) is 0 Å². The van der Waals surface area contributed by atoms with Gasteiger partial charge in [0.15, 0.2) is 0 Å². The molecule has 2 aliphatic heterocycles. The minimum Gasteiger partial charge on any atom is -0.338 e. The van der Waals surface area contributed by atoms with Gasteiger partial charge in [0, 0.05) is 13.1 Å². The highest BCUT2D eigenvalue weighted by molar-refractivity contribution is 5.85. The molecule has 0 atom stereocenters. The number of hydrogen-bond acceptors (Lipinski definition) is 3. The number of amides is 1. The van der Waals surface area contributed by atoms with Crippen molar-refractivity contribution in [3.8, 4) is 6.07 Å². The topological polar surface area (TPSA) is 56.1 Å². The zero-order valence-corrected chi connectivity index (χ0v) is 11.6. The van der Waals surface area contributed by atoms with Gasteiger partial charge in [-0.15, -0.1) is 0 Å². The van der Waals surface area contributed by atoms with Gasteiger partial charge in [-0.25, -0.2) is 0 Å². The minimum atomic E-state index is -0.113. The van der Waals surface area contributed by atoms with Gasteiger partial charge >= 0.3 is 0 Å². The summed E-state index contributed by atoms with van der Waals surface area (Å²) in [6.07, 6.45) is 2.90. The summed E-state index contributed by atoms with van der Waals surface area (Å²) in [5.41, 5.74) is 1.59. The minimum absolute atomic E-state index is 0.113. The molecule has 1 amide bonds. The highest BCUT2D eigenvalue weighted by atomic mass is 16.2. The van der Waals surface area contributed by atoms with Crippen molar-refractivity contribution in [1.82, 2.24) is 10.2 Å². The number of benzene rings is 1. The van der Waals surface area contributed by atoms with E-state index in [1.165, 1.54) is 0 Å². The lowest BCUT2D eigenvalue weighted by Gasteiger charge is -2.32. The smallest absolute Gasteiger partial charge is 0.229 e. The summed E-state index contributed by atoms with van der Waals surface area (Å²) in [6, 6.07) is 9.69. The van der Waals surface area contributed by atoms with Gasteiger partial charge in [-0.1, -0.05) is 12.1 Å². The second-order valence-electron chi connectivity index (χ2n) is 5.82. The number of likely N-dealkylation sites (tertiary alicyclic amines) is 1. The van der Waals surface area contributed by atoms with E-state index in [0.717, 1.165) is 44.5 Å². The summed E-state index contributed by atoms with van der Waals surface area (Å²) in [4.78, 5) is 14.6. The Hall–Kier alpha value is -1.86. The SMILES string of the molecule is N#Cc1cccc(CN2CCC3(CCNCC3)C2=O)c1. The lowest BCUT2D eigenvalue weighted by atomic mass is 9.78. The lowest BCUT2D eigenvalue weighted by molar-refractivity contribution is -0.137. The second kappa shape index (κ2) is 5.26. The highest BCUT2D eigenvalue weighted by Gasteiger charge is 2.46. The molecule has 4 nitrogen and oxygen atoms in total. The molecule has 0 aromatic heterocycles. The van der Waals surface area contributed by atoms with Crippen LogP contribution in [0.3, 0.4) is 0 Å². The average Bonchev–Trinajstić information content (AvgIpc) is 2.78. The molecule has 3 rings (SSSR count). The zero-order chi connectivity index (χ0) is 14.0. The Morgan fingerprint density at radius 2 is 2.10 bits per heavy atom. The second-order valence-corrected chi connectivity index (χ2v) is 5.82. The van der Waals surface area contributed by atoms with Crippen LogP contribution in [0.15, 0.2) is 24.3 Å². The van der Waals surface area contributed by atoms with E-state index >= 15 is 0 Å². The first-order chi connectivity index (χ1) is 9.73. The Kier molecular flexibility index (Phi) is 3.45. The van der Waals surface area contributed by atoms with Crippen LogP contribution in [-0.4, -0.2) is 30.4 Å². The Bertz CT molecular complexity index is 555. The number of rotatable bonds is 2. The van der Waals surface area contributed by atoms with Crippen molar-refractivity contribution in [1.29, 1.82) is 5.26 Å². The van der Waals surface area contributed by atoms with Crippen molar-refractivity contribution in [2.45, 2.75) is 25.8 Å². The first-order valence-corrected chi connectivity index (χ1v) is 7.23. The molecule has 0 saturated carbocycles. The van der Waals surface area contributed by atoms with Crippen molar-refractivity contribution >= 4 is 5.91 Å². The van der Waals surface area contributed by atoms with Crippen LogP contribution in [0.4, 0.5) is 0 Å². The van der Waals surface area contributed by atoms with Gasteiger partial charge in [-0.2, -0.15) is 5.26 Å². The van der Waals surface area contributed by atoms with Crippen LogP contribution in [-0.2, 0) is 11.3 Å². The molecule has 0 unspecified atom stereocenters. The molecule has 1 aromatic rings. The van der Waals surface area contributed by atoms with Crippen LogP contribution in [0, 0.1) is 16.7 Å². The molecular weight excluding hydrogens is 250 g/mol.